The average Bonchev–Trinajstić information content (AvgIpc) is 3.23. The van der Waals surface area contributed by atoms with Crippen molar-refractivity contribution in [3.63, 3.8) is 0 Å². The van der Waals surface area contributed by atoms with Gasteiger partial charge < -0.3 is 20.3 Å². The zero-order valence-electron chi connectivity index (χ0n) is 16.7. The minimum Gasteiger partial charge on any atom is -0.495 e. The fourth-order valence-electron chi connectivity index (χ4n) is 3.45. The van der Waals surface area contributed by atoms with E-state index in [2.05, 4.69) is 10.6 Å². The molecule has 1 aliphatic rings. The van der Waals surface area contributed by atoms with Crippen LogP contribution in [0.4, 0.5) is 11.4 Å². The fourth-order valence-corrected chi connectivity index (χ4v) is 3.45. The number of carbonyl (C=O) groups excluding carboxylic acids is 2. The summed E-state index contributed by atoms with van der Waals surface area (Å²) in [6.45, 7) is 5.60. The number of nitrogens with zero attached hydrogens (tertiary/aromatic N) is 1. The molecule has 6 nitrogen and oxygen atoms in total. The van der Waals surface area contributed by atoms with Crippen molar-refractivity contribution in [3.8, 4) is 5.75 Å². The zero-order valence-corrected chi connectivity index (χ0v) is 16.7. The second-order valence-corrected chi connectivity index (χ2v) is 7.08. The second kappa shape index (κ2) is 8.78. The fraction of sp³-hybridized carbons (Fsp3) is 0.364. The van der Waals surface area contributed by atoms with Gasteiger partial charge in [0, 0.05) is 24.3 Å². The molecule has 3 rings (SSSR count). The summed E-state index contributed by atoms with van der Waals surface area (Å²) in [7, 11) is 1.57. The predicted octanol–water partition coefficient (Wildman–Crippen LogP) is 3.60. The van der Waals surface area contributed by atoms with E-state index in [1.807, 2.05) is 36.9 Å². The van der Waals surface area contributed by atoms with Gasteiger partial charge in [-0.3, -0.25) is 9.59 Å². The van der Waals surface area contributed by atoms with E-state index in [9.17, 15) is 9.59 Å². The number of amides is 2. The highest BCUT2D eigenvalue weighted by Gasteiger charge is 2.20. The van der Waals surface area contributed by atoms with Crippen LogP contribution in [0.2, 0.25) is 0 Å². The maximum atomic E-state index is 12.6. The maximum Gasteiger partial charge on any atom is 0.253 e. The van der Waals surface area contributed by atoms with Gasteiger partial charge in [-0.2, -0.15) is 0 Å². The Kier molecular flexibility index (Phi) is 6.19. The summed E-state index contributed by atoms with van der Waals surface area (Å²) in [5, 5.41) is 6.05. The number of ether oxygens (including phenoxy) is 1. The van der Waals surface area contributed by atoms with E-state index >= 15 is 0 Å². The number of rotatable bonds is 6. The Morgan fingerprint density at radius 2 is 1.75 bits per heavy atom. The number of methoxy groups -OCH3 is 1. The number of para-hydroxylation sites is 1. The molecule has 148 valence electrons. The molecule has 1 saturated heterocycles. The molecule has 2 N–H and O–H groups in total. The summed E-state index contributed by atoms with van der Waals surface area (Å²) in [5.74, 6) is 0.455. The van der Waals surface area contributed by atoms with Gasteiger partial charge in [-0.25, -0.2) is 0 Å². The molecule has 0 spiro atoms. The quantitative estimate of drug-likeness (QED) is 0.802. The van der Waals surface area contributed by atoms with E-state index in [-0.39, 0.29) is 18.4 Å². The summed E-state index contributed by atoms with van der Waals surface area (Å²) in [4.78, 5) is 26.9. The van der Waals surface area contributed by atoms with E-state index in [0.29, 0.717) is 17.0 Å². The Balaban J connectivity index is 1.69. The summed E-state index contributed by atoms with van der Waals surface area (Å²) < 4.78 is 5.38. The smallest absolute Gasteiger partial charge is 0.253 e. The molecule has 0 bridgehead atoms. The number of likely N-dealkylation sites (tertiary alicyclic amines) is 1. The van der Waals surface area contributed by atoms with Crippen molar-refractivity contribution < 1.29 is 14.3 Å². The minimum absolute atomic E-state index is 0.0168. The highest BCUT2D eigenvalue weighted by Crippen LogP contribution is 2.27. The number of aryl methyl sites for hydroxylation is 2. The lowest BCUT2D eigenvalue weighted by molar-refractivity contribution is -0.114. The molecular weight excluding hydrogens is 354 g/mol. The van der Waals surface area contributed by atoms with Crippen molar-refractivity contribution in [1.29, 1.82) is 0 Å². The third kappa shape index (κ3) is 4.44. The van der Waals surface area contributed by atoms with Gasteiger partial charge >= 0.3 is 0 Å². The molecule has 6 heteroatoms. The van der Waals surface area contributed by atoms with E-state index < -0.39 is 0 Å². The number of carbonyl (C=O) groups is 2. The van der Waals surface area contributed by atoms with Crippen LogP contribution in [-0.4, -0.2) is 43.5 Å². The van der Waals surface area contributed by atoms with Gasteiger partial charge in [0.1, 0.15) is 5.75 Å². The van der Waals surface area contributed by atoms with Crippen molar-refractivity contribution >= 4 is 23.2 Å². The molecule has 2 aromatic rings. The first kappa shape index (κ1) is 19.7. The standard InChI is InChI=1S/C22H27N3O3/c1-15-7-6-8-16(2)21(15)24-20(26)14-23-18-13-17(9-10-19(18)28-3)22(27)25-11-4-5-12-25/h6-10,13,23H,4-5,11-12,14H2,1-3H3,(H,24,26). The molecule has 0 saturated carbocycles. The average molecular weight is 381 g/mol. The first-order chi connectivity index (χ1) is 13.5. The van der Waals surface area contributed by atoms with Crippen molar-refractivity contribution in [2.45, 2.75) is 26.7 Å². The molecule has 0 atom stereocenters. The molecule has 0 aromatic heterocycles. The van der Waals surface area contributed by atoms with Crippen LogP contribution < -0.4 is 15.4 Å². The van der Waals surface area contributed by atoms with Crippen LogP contribution in [0.15, 0.2) is 36.4 Å². The Morgan fingerprint density at radius 3 is 2.39 bits per heavy atom. The largest absolute Gasteiger partial charge is 0.495 e. The first-order valence-electron chi connectivity index (χ1n) is 9.57. The molecule has 2 aromatic carbocycles. The highest BCUT2D eigenvalue weighted by atomic mass is 16.5. The molecule has 0 aliphatic carbocycles. The number of hydrogen-bond acceptors (Lipinski definition) is 4. The molecule has 1 heterocycles. The first-order valence-corrected chi connectivity index (χ1v) is 9.57. The Morgan fingerprint density at radius 1 is 1.07 bits per heavy atom. The third-order valence-corrected chi connectivity index (χ3v) is 5.02. The highest BCUT2D eigenvalue weighted by molar-refractivity contribution is 5.97. The molecule has 28 heavy (non-hydrogen) atoms. The van der Waals surface area contributed by atoms with E-state index in [4.69, 9.17) is 4.74 Å². The van der Waals surface area contributed by atoms with Crippen LogP contribution in [0.1, 0.15) is 34.3 Å². The van der Waals surface area contributed by atoms with Crippen molar-refractivity contribution in [2.75, 3.05) is 37.4 Å². The lowest BCUT2D eigenvalue weighted by Gasteiger charge is -2.17. The van der Waals surface area contributed by atoms with Crippen molar-refractivity contribution in [3.05, 3.63) is 53.1 Å². The van der Waals surface area contributed by atoms with Crippen LogP contribution >= 0.6 is 0 Å². The Labute approximate surface area is 165 Å². The van der Waals surface area contributed by atoms with Crippen LogP contribution in [0.5, 0.6) is 5.75 Å². The van der Waals surface area contributed by atoms with Gasteiger partial charge in [0.2, 0.25) is 5.91 Å². The molecule has 0 unspecified atom stereocenters. The van der Waals surface area contributed by atoms with Crippen LogP contribution in [0, 0.1) is 13.8 Å². The lowest BCUT2D eigenvalue weighted by atomic mass is 10.1. The summed E-state index contributed by atoms with van der Waals surface area (Å²) in [6.07, 6.45) is 2.09. The van der Waals surface area contributed by atoms with Crippen LogP contribution in [0.25, 0.3) is 0 Å². The SMILES string of the molecule is COc1ccc(C(=O)N2CCCC2)cc1NCC(=O)Nc1c(C)cccc1C. The third-order valence-electron chi connectivity index (χ3n) is 5.02. The summed E-state index contributed by atoms with van der Waals surface area (Å²) >= 11 is 0. The number of hydrogen-bond donors (Lipinski definition) is 2. The van der Waals surface area contributed by atoms with Gasteiger partial charge in [-0.1, -0.05) is 18.2 Å². The molecule has 1 aliphatic heterocycles. The van der Waals surface area contributed by atoms with Gasteiger partial charge in [-0.15, -0.1) is 0 Å². The summed E-state index contributed by atoms with van der Waals surface area (Å²) in [5.41, 5.74) is 4.09. The molecule has 0 radical (unpaired) electrons. The van der Waals surface area contributed by atoms with Gasteiger partial charge in [0.25, 0.3) is 5.91 Å². The number of benzene rings is 2. The minimum atomic E-state index is -0.157. The monoisotopic (exact) mass is 381 g/mol. The van der Waals surface area contributed by atoms with Crippen molar-refractivity contribution in [1.82, 2.24) is 4.90 Å². The molecule has 2 amide bonds. The van der Waals surface area contributed by atoms with Gasteiger partial charge in [0.05, 0.1) is 19.3 Å². The van der Waals surface area contributed by atoms with E-state index in [0.717, 1.165) is 42.7 Å². The topological polar surface area (TPSA) is 70.7 Å². The Bertz CT molecular complexity index is 853. The van der Waals surface area contributed by atoms with E-state index in [1.54, 1.807) is 25.3 Å². The van der Waals surface area contributed by atoms with Crippen LogP contribution in [-0.2, 0) is 4.79 Å². The molecular formula is C22H27N3O3. The lowest BCUT2D eigenvalue weighted by Crippen LogP contribution is -2.27. The zero-order chi connectivity index (χ0) is 20.1. The normalized spacial score (nSPS) is 13.3. The Hall–Kier alpha value is -3.02. The van der Waals surface area contributed by atoms with E-state index in [1.165, 1.54) is 0 Å². The summed E-state index contributed by atoms with van der Waals surface area (Å²) in [6, 6.07) is 11.2. The number of anilines is 2. The number of nitrogens with one attached hydrogen (secondary N) is 2. The van der Waals surface area contributed by atoms with Gasteiger partial charge in [-0.05, 0) is 56.0 Å². The molecule has 1 fully saturated rings. The maximum absolute atomic E-state index is 12.6. The van der Waals surface area contributed by atoms with Crippen LogP contribution in [0.3, 0.4) is 0 Å². The van der Waals surface area contributed by atoms with Gasteiger partial charge in [0.15, 0.2) is 0 Å². The predicted molar refractivity (Wildman–Crippen MR) is 111 cm³/mol. The second-order valence-electron chi connectivity index (χ2n) is 7.08. The van der Waals surface area contributed by atoms with Crippen molar-refractivity contribution in [2.24, 2.45) is 0 Å².